The molecule has 1 aliphatic rings. The summed E-state index contributed by atoms with van der Waals surface area (Å²) >= 11 is 0. The molecule has 100 valence electrons. The zero-order valence-electron chi connectivity index (χ0n) is 11.2. The molecule has 1 aromatic heterocycles. The van der Waals surface area contributed by atoms with Gasteiger partial charge in [0.05, 0.1) is 17.6 Å². The summed E-state index contributed by atoms with van der Waals surface area (Å²) in [4.78, 5) is 18.0. The number of amides is 1. The minimum Gasteiger partial charge on any atom is -0.372 e. The van der Waals surface area contributed by atoms with Gasteiger partial charge in [0, 0.05) is 25.7 Å². The van der Waals surface area contributed by atoms with Crippen molar-refractivity contribution in [1.82, 2.24) is 9.55 Å². The Hall–Kier alpha value is -1.88. The number of carbonyl (C=O) groups is 1. The van der Waals surface area contributed by atoms with Crippen molar-refractivity contribution in [3.63, 3.8) is 0 Å². The van der Waals surface area contributed by atoms with Gasteiger partial charge in [0.15, 0.2) is 0 Å². The van der Waals surface area contributed by atoms with Gasteiger partial charge in [0.1, 0.15) is 12.4 Å². The van der Waals surface area contributed by atoms with Crippen LogP contribution in [0.15, 0.2) is 18.2 Å². The average Bonchev–Trinajstić information content (AvgIpc) is 2.83. The van der Waals surface area contributed by atoms with Crippen LogP contribution in [-0.4, -0.2) is 29.1 Å². The van der Waals surface area contributed by atoms with Gasteiger partial charge in [-0.1, -0.05) is 6.92 Å². The molecular formula is C14H17N3O2. The molecule has 1 aromatic carbocycles. The Morgan fingerprint density at radius 1 is 1.53 bits per heavy atom. The van der Waals surface area contributed by atoms with Crippen LogP contribution in [0.1, 0.15) is 19.2 Å². The van der Waals surface area contributed by atoms with Crippen LogP contribution in [0, 0.1) is 0 Å². The van der Waals surface area contributed by atoms with Crippen molar-refractivity contribution in [2.45, 2.75) is 26.5 Å². The number of hydrogen-bond acceptors (Lipinski definition) is 3. The third kappa shape index (κ3) is 2.00. The van der Waals surface area contributed by atoms with Crippen molar-refractivity contribution in [3.05, 3.63) is 24.0 Å². The molecule has 19 heavy (non-hydrogen) atoms. The zero-order chi connectivity index (χ0) is 13.4. The van der Waals surface area contributed by atoms with Crippen molar-refractivity contribution in [1.29, 1.82) is 0 Å². The minimum atomic E-state index is 0.103. The molecule has 0 unspecified atom stereocenters. The number of rotatable bonds is 2. The molecule has 0 saturated heterocycles. The van der Waals surface area contributed by atoms with Crippen LogP contribution < -0.4 is 4.90 Å². The highest BCUT2D eigenvalue weighted by molar-refractivity contribution is 5.94. The van der Waals surface area contributed by atoms with Crippen LogP contribution in [-0.2, 0) is 22.7 Å². The highest BCUT2D eigenvalue weighted by Gasteiger charge is 2.16. The average molecular weight is 259 g/mol. The van der Waals surface area contributed by atoms with Gasteiger partial charge in [-0.25, -0.2) is 4.98 Å². The SMILES string of the molecule is CCC(=O)N(C)c1ccc2c(c1)nc1n2CCOC1. The quantitative estimate of drug-likeness (QED) is 0.828. The van der Waals surface area contributed by atoms with Crippen molar-refractivity contribution in [2.75, 3.05) is 18.6 Å². The number of anilines is 1. The lowest BCUT2D eigenvalue weighted by Crippen LogP contribution is -2.24. The summed E-state index contributed by atoms with van der Waals surface area (Å²) < 4.78 is 7.60. The normalized spacial score (nSPS) is 14.4. The standard InChI is InChI=1S/C14H17N3O2/c1-3-14(18)16(2)10-4-5-12-11(8-10)15-13-9-19-7-6-17(12)13/h4-5,8H,3,6-7,9H2,1-2H3. The number of aromatic nitrogens is 2. The summed E-state index contributed by atoms with van der Waals surface area (Å²) in [6.45, 7) is 4.00. The number of hydrogen-bond donors (Lipinski definition) is 0. The molecule has 5 heteroatoms. The molecular weight excluding hydrogens is 242 g/mol. The molecule has 2 heterocycles. The van der Waals surface area contributed by atoms with Gasteiger partial charge in [-0.05, 0) is 18.2 Å². The van der Waals surface area contributed by atoms with Crippen LogP contribution in [0.2, 0.25) is 0 Å². The molecule has 0 spiro atoms. The van der Waals surface area contributed by atoms with Gasteiger partial charge < -0.3 is 14.2 Å². The van der Waals surface area contributed by atoms with Gasteiger partial charge in [-0.2, -0.15) is 0 Å². The predicted octanol–water partition coefficient (Wildman–Crippen LogP) is 1.94. The van der Waals surface area contributed by atoms with E-state index in [1.165, 1.54) is 0 Å². The van der Waals surface area contributed by atoms with Crippen molar-refractivity contribution in [2.24, 2.45) is 0 Å². The summed E-state index contributed by atoms with van der Waals surface area (Å²) in [7, 11) is 1.80. The fraction of sp³-hybridized carbons (Fsp3) is 0.429. The topological polar surface area (TPSA) is 47.4 Å². The summed E-state index contributed by atoms with van der Waals surface area (Å²) in [5.41, 5.74) is 2.92. The molecule has 2 aromatic rings. The maximum Gasteiger partial charge on any atom is 0.226 e. The number of fused-ring (bicyclic) bond motifs is 3. The van der Waals surface area contributed by atoms with Crippen LogP contribution in [0.25, 0.3) is 11.0 Å². The van der Waals surface area contributed by atoms with E-state index in [9.17, 15) is 4.79 Å². The highest BCUT2D eigenvalue weighted by atomic mass is 16.5. The highest BCUT2D eigenvalue weighted by Crippen LogP contribution is 2.24. The van der Waals surface area contributed by atoms with E-state index < -0.39 is 0 Å². The third-order valence-electron chi connectivity index (χ3n) is 3.57. The van der Waals surface area contributed by atoms with Gasteiger partial charge in [0.25, 0.3) is 0 Å². The summed E-state index contributed by atoms with van der Waals surface area (Å²) in [5, 5.41) is 0. The van der Waals surface area contributed by atoms with E-state index >= 15 is 0 Å². The van der Waals surface area contributed by atoms with Gasteiger partial charge in [-0.15, -0.1) is 0 Å². The molecule has 0 radical (unpaired) electrons. The van der Waals surface area contributed by atoms with Crippen LogP contribution in [0.4, 0.5) is 5.69 Å². The number of imidazole rings is 1. The lowest BCUT2D eigenvalue weighted by molar-refractivity contribution is -0.118. The van der Waals surface area contributed by atoms with E-state index in [1.54, 1.807) is 11.9 Å². The van der Waals surface area contributed by atoms with Crippen molar-refractivity contribution in [3.8, 4) is 0 Å². The maximum atomic E-state index is 11.7. The molecule has 5 nitrogen and oxygen atoms in total. The molecule has 3 rings (SSSR count). The van der Waals surface area contributed by atoms with Crippen LogP contribution >= 0.6 is 0 Å². The van der Waals surface area contributed by atoms with Gasteiger partial charge in [-0.3, -0.25) is 4.79 Å². The first-order valence-electron chi connectivity index (χ1n) is 6.54. The summed E-state index contributed by atoms with van der Waals surface area (Å²) in [6, 6.07) is 5.97. The molecule has 0 aliphatic carbocycles. The molecule has 0 atom stereocenters. The molecule has 0 bridgehead atoms. The number of benzene rings is 1. The maximum absolute atomic E-state index is 11.7. The number of carbonyl (C=O) groups excluding carboxylic acids is 1. The van der Waals surface area contributed by atoms with E-state index in [2.05, 4.69) is 9.55 Å². The van der Waals surface area contributed by atoms with Crippen molar-refractivity contribution >= 4 is 22.6 Å². The molecule has 1 aliphatic heterocycles. The Bertz CT molecular complexity index is 633. The molecule has 0 saturated carbocycles. The summed E-state index contributed by atoms with van der Waals surface area (Å²) in [5.74, 6) is 1.06. The second-order valence-corrected chi connectivity index (χ2v) is 4.71. The molecule has 1 amide bonds. The number of nitrogens with zero attached hydrogens (tertiary/aromatic N) is 3. The van der Waals surface area contributed by atoms with E-state index in [4.69, 9.17) is 4.74 Å². The molecule has 0 N–H and O–H groups in total. The fourth-order valence-electron chi connectivity index (χ4n) is 2.44. The first-order chi connectivity index (χ1) is 9.20. The first kappa shape index (κ1) is 12.2. The van der Waals surface area contributed by atoms with Crippen molar-refractivity contribution < 1.29 is 9.53 Å². The fourth-order valence-corrected chi connectivity index (χ4v) is 2.44. The Morgan fingerprint density at radius 3 is 3.16 bits per heavy atom. The Labute approximate surface area is 111 Å². The van der Waals surface area contributed by atoms with Gasteiger partial charge >= 0.3 is 0 Å². The predicted molar refractivity (Wildman–Crippen MR) is 73.1 cm³/mol. The summed E-state index contributed by atoms with van der Waals surface area (Å²) in [6.07, 6.45) is 0.502. The third-order valence-corrected chi connectivity index (χ3v) is 3.57. The van der Waals surface area contributed by atoms with Crippen LogP contribution in [0.3, 0.4) is 0 Å². The smallest absolute Gasteiger partial charge is 0.226 e. The Balaban J connectivity index is 2.04. The molecule has 0 fully saturated rings. The van der Waals surface area contributed by atoms with Crippen LogP contribution in [0.5, 0.6) is 0 Å². The Morgan fingerprint density at radius 2 is 2.37 bits per heavy atom. The van der Waals surface area contributed by atoms with Gasteiger partial charge in [0.2, 0.25) is 5.91 Å². The Kier molecular flexibility index (Phi) is 2.98. The van der Waals surface area contributed by atoms with E-state index in [-0.39, 0.29) is 5.91 Å². The van der Waals surface area contributed by atoms with E-state index in [0.29, 0.717) is 13.0 Å². The minimum absolute atomic E-state index is 0.103. The lowest BCUT2D eigenvalue weighted by atomic mass is 10.2. The lowest BCUT2D eigenvalue weighted by Gasteiger charge is -2.17. The van der Waals surface area contributed by atoms with E-state index in [0.717, 1.165) is 35.7 Å². The second kappa shape index (κ2) is 4.66. The zero-order valence-corrected chi connectivity index (χ0v) is 11.2. The van der Waals surface area contributed by atoms with E-state index in [1.807, 2.05) is 25.1 Å². The first-order valence-corrected chi connectivity index (χ1v) is 6.54. The largest absolute Gasteiger partial charge is 0.372 e. The number of ether oxygens (including phenoxy) is 1. The monoisotopic (exact) mass is 259 g/mol. The second-order valence-electron chi connectivity index (χ2n) is 4.71.